The van der Waals surface area contributed by atoms with Gasteiger partial charge in [0.1, 0.15) is 5.82 Å². The number of unbranched alkanes of at least 4 members (excludes halogenated alkanes) is 3. The van der Waals surface area contributed by atoms with Gasteiger partial charge in [-0.1, -0.05) is 25.0 Å². The van der Waals surface area contributed by atoms with Gasteiger partial charge in [0.25, 0.3) is 10.2 Å². The molecule has 0 radical (unpaired) electrons. The largest absolute Gasteiger partial charge is 0.383 e. The molecule has 138 valence electrons. The minimum Gasteiger partial charge on any atom is -0.383 e. The van der Waals surface area contributed by atoms with Crippen molar-refractivity contribution in [3.8, 4) is 0 Å². The summed E-state index contributed by atoms with van der Waals surface area (Å²) in [7, 11) is -0.292. The number of rotatable bonds is 10. The summed E-state index contributed by atoms with van der Waals surface area (Å²) in [4.78, 5) is 8.71. The maximum absolute atomic E-state index is 11.5. The van der Waals surface area contributed by atoms with Crippen LogP contribution in [0.1, 0.15) is 25.7 Å². The second kappa shape index (κ2) is 8.93. The Bertz CT molecular complexity index is 794. The molecule has 0 atom stereocenters. The van der Waals surface area contributed by atoms with E-state index in [1.54, 1.807) is 0 Å². The van der Waals surface area contributed by atoms with Crippen LogP contribution in [0.4, 0.5) is 11.8 Å². The number of nitrogen functional groups attached to an aromatic ring is 1. The van der Waals surface area contributed by atoms with Gasteiger partial charge in [-0.05, 0) is 25.0 Å². The Hall–Kier alpha value is -1.97. The number of hydrogen-bond donors (Lipinski definition) is 3. The topological polar surface area (TPSA) is 113 Å². The fourth-order valence-electron chi connectivity index (χ4n) is 2.31. The lowest BCUT2D eigenvalue weighted by atomic mass is 10.2. The summed E-state index contributed by atoms with van der Waals surface area (Å²) in [6.45, 7) is 1.21. The maximum atomic E-state index is 11.5. The van der Waals surface area contributed by atoms with Crippen molar-refractivity contribution in [2.24, 2.45) is 0 Å². The van der Waals surface area contributed by atoms with E-state index in [1.165, 1.54) is 18.4 Å². The first-order valence-corrected chi connectivity index (χ1v) is 9.77. The molecule has 0 fully saturated rings. The minimum atomic E-state index is -3.31. The van der Waals surface area contributed by atoms with Gasteiger partial charge < -0.3 is 11.1 Å². The minimum absolute atomic E-state index is 0.457. The average molecular weight is 366 g/mol. The predicted octanol–water partition coefficient (Wildman–Crippen LogP) is 1.58. The van der Waals surface area contributed by atoms with Crippen molar-refractivity contribution >= 4 is 32.9 Å². The Labute approximate surface area is 149 Å². The van der Waals surface area contributed by atoms with E-state index in [9.17, 15) is 8.42 Å². The maximum Gasteiger partial charge on any atom is 0.278 e. The van der Waals surface area contributed by atoms with Crippen molar-refractivity contribution in [1.82, 2.24) is 19.0 Å². The number of aromatic nitrogens is 2. The summed E-state index contributed by atoms with van der Waals surface area (Å²) in [5.41, 5.74) is 6.77. The van der Waals surface area contributed by atoms with Gasteiger partial charge in [0.05, 0.1) is 5.52 Å². The molecular weight excluding hydrogens is 340 g/mol. The molecule has 0 aliphatic rings. The Kier molecular flexibility index (Phi) is 6.91. The highest BCUT2D eigenvalue weighted by molar-refractivity contribution is 7.87. The van der Waals surface area contributed by atoms with E-state index in [2.05, 4.69) is 20.0 Å². The lowest BCUT2D eigenvalue weighted by Gasteiger charge is -2.12. The van der Waals surface area contributed by atoms with Gasteiger partial charge in [0, 0.05) is 32.6 Å². The predicted molar refractivity (Wildman–Crippen MR) is 102 cm³/mol. The number of nitrogens with zero attached hydrogens (tertiary/aromatic N) is 3. The van der Waals surface area contributed by atoms with Crippen LogP contribution in [0.5, 0.6) is 0 Å². The summed E-state index contributed by atoms with van der Waals surface area (Å²) in [6, 6.07) is 7.64. The summed E-state index contributed by atoms with van der Waals surface area (Å²) < 4.78 is 26.8. The quantitative estimate of drug-likeness (QED) is 0.550. The number of nitrogens with one attached hydrogen (secondary N) is 2. The van der Waals surface area contributed by atoms with Gasteiger partial charge >= 0.3 is 0 Å². The van der Waals surface area contributed by atoms with E-state index in [0.717, 1.165) is 43.1 Å². The highest BCUT2D eigenvalue weighted by atomic mass is 32.2. The zero-order valence-electron chi connectivity index (χ0n) is 14.7. The van der Waals surface area contributed by atoms with Gasteiger partial charge in [-0.3, -0.25) is 0 Å². The van der Waals surface area contributed by atoms with Crippen LogP contribution < -0.4 is 15.8 Å². The second-order valence-corrected chi connectivity index (χ2v) is 7.94. The van der Waals surface area contributed by atoms with Gasteiger partial charge in [-0.25, -0.2) is 9.71 Å². The van der Waals surface area contributed by atoms with Crippen LogP contribution in [0.3, 0.4) is 0 Å². The number of hydrogen-bond acceptors (Lipinski definition) is 6. The van der Waals surface area contributed by atoms with Crippen molar-refractivity contribution in [1.29, 1.82) is 0 Å². The molecule has 0 spiro atoms. The van der Waals surface area contributed by atoms with Crippen molar-refractivity contribution in [2.75, 3.05) is 38.2 Å². The average Bonchev–Trinajstić information content (AvgIpc) is 2.57. The van der Waals surface area contributed by atoms with Crippen LogP contribution in [0.25, 0.3) is 10.9 Å². The van der Waals surface area contributed by atoms with Gasteiger partial charge in [0.15, 0.2) is 0 Å². The molecule has 25 heavy (non-hydrogen) atoms. The van der Waals surface area contributed by atoms with E-state index < -0.39 is 10.2 Å². The van der Waals surface area contributed by atoms with Crippen molar-refractivity contribution in [3.05, 3.63) is 24.3 Å². The first-order chi connectivity index (χ1) is 11.9. The Morgan fingerprint density at radius 2 is 1.72 bits per heavy atom. The van der Waals surface area contributed by atoms with Crippen LogP contribution in [0.15, 0.2) is 24.3 Å². The lowest BCUT2D eigenvalue weighted by molar-refractivity contribution is 0.502. The van der Waals surface area contributed by atoms with Crippen LogP contribution in [0.2, 0.25) is 0 Å². The Balaban J connectivity index is 1.65. The molecule has 2 rings (SSSR count). The monoisotopic (exact) mass is 366 g/mol. The molecule has 2 aromatic rings. The van der Waals surface area contributed by atoms with Crippen LogP contribution in [-0.4, -0.2) is 49.9 Å². The summed E-state index contributed by atoms with van der Waals surface area (Å²) in [5, 5.41) is 4.04. The lowest BCUT2D eigenvalue weighted by Crippen LogP contribution is -2.36. The third kappa shape index (κ3) is 5.80. The molecule has 0 amide bonds. The molecule has 0 aliphatic carbocycles. The normalized spacial score (nSPS) is 12.0. The number of benzene rings is 1. The standard InChI is InChI=1S/C16H26N6O2S/c1-22(2)25(23,24)19-12-8-4-3-7-11-18-16-20-14-10-6-5-9-13(14)15(17)21-16/h5-6,9-10,19H,3-4,7-8,11-12H2,1-2H3,(H3,17,18,20,21). The number of para-hydroxylation sites is 1. The van der Waals surface area contributed by atoms with Gasteiger partial charge in [-0.15, -0.1) is 0 Å². The molecule has 1 heterocycles. The van der Waals surface area contributed by atoms with Crippen LogP contribution >= 0.6 is 0 Å². The molecule has 4 N–H and O–H groups in total. The third-order valence-corrected chi connectivity index (χ3v) is 5.31. The van der Waals surface area contributed by atoms with Crippen LogP contribution in [0, 0.1) is 0 Å². The van der Waals surface area contributed by atoms with Crippen molar-refractivity contribution < 1.29 is 8.42 Å². The van der Waals surface area contributed by atoms with Gasteiger partial charge in [0.2, 0.25) is 5.95 Å². The Morgan fingerprint density at radius 1 is 1.04 bits per heavy atom. The number of nitrogens with two attached hydrogens (primary N) is 1. The third-order valence-electron chi connectivity index (χ3n) is 3.78. The second-order valence-electron chi connectivity index (χ2n) is 5.97. The molecule has 1 aromatic heterocycles. The first kappa shape index (κ1) is 19.4. The molecule has 0 aliphatic heterocycles. The summed E-state index contributed by atoms with van der Waals surface area (Å²) in [5.74, 6) is 1.01. The molecule has 1 aromatic carbocycles. The molecular formula is C16H26N6O2S. The number of anilines is 2. The fraction of sp³-hybridized carbons (Fsp3) is 0.500. The van der Waals surface area contributed by atoms with Crippen molar-refractivity contribution in [3.63, 3.8) is 0 Å². The smallest absolute Gasteiger partial charge is 0.278 e. The summed E-state index contributed by atoms with van der Waals surface area (Å²) in [6.07, 6.45) is 3.72. The molecule has 0 saturated carbocycles. The zero-order valence-corrected chi connectivity index (χ0v) is 15.5. The first-order valence-electron chi connectivity index (χ1n) is 8.33. The Morgan fingerprint density at radius 3 is 2.44 bits per heavy atom. The van der Waals surface area contributed by atoms with Gasteiger partial charge in [-0.2, -0.15) is 17.7 Å². The molecule has 0 unspecified atom stereocenters. The molecule has 0 saturated heterocycles. The SMILES string of the molecule is CN(C)S(=O)(=O)NCCCCCCNc1nc(N)c2ccccc2n1. The van der Waals surface area contributed by atoms with E-state index in [1.807, 2.05) is 24.3 Å². The van der Waals surface area contributed by atoms with E-state index in [-0.39, 0.29) is 0 Å². The number of fused-ring (bicyclic) bond motifs is 1. The van der Waals surface area contributed by atoms with E-state index in [4.69, 9.17) is 5.73 Å². The van der Waals surface area contributed by atoms with E-state index in [0.29, 0.717) is 18.3 Å². The summed E-state index contributed by atoms with van der Waals surface area (Å²) >= 11 is 0. The van der Waals surface area contributed by atoms with Crippen molar-refractivity contribution in [2.45, 2.75) is 25.7 Å². The molecule has 9 heteroatoms. The molecule has 8 nitrogen and oxygen atoms in total. The molecule has 0 bridgehead atoms. The van der Waals surface area contributed by atoms with Crippen LogP contribution in [-0.2, 0) is 10.2 Å². The highest BCUT2D eigenvalue weighted by Gasteiger charge is 2.10. The highest BCUT2D eigenvalue weighted by Crippen LogP contribution is 2.18. The van der Waals surface area contributed by atoms with E-state index >= 15 is 0 Å². The zero-order chi connectivity index (χ0) is 18.3. The fourth-order valence-corrected chi connectivity index (χ4v) is 2.97.